The van der Waals surface area contributed by atoms with Gasteiger partial charge in [-0.15, -0.1) is 0 Å². The molecule has 0 aliphatic rings. The van der Waals surface area contributed by atoms with E-state index in [0.717, 1.165) is 6.07 Å². The van der Waals surface area contributed by atoms with Crippen molar-refractivity contribution in [2.45, 2.75) is 4.90 Å². The minimum Gasteiger partial charge on any atom is -0.300 e. The second-order valence-electron chi connectivity index (χ2n) is 5.29. The van der Waals surface area contributed by atoms with Gasteiger partial charge in [0.05, 0.1) is 15.5 Å². The van der Waals surface area contributed by atoms with Gasteiger partial charge in [-0.05, 0) is 43.4 Å². The SMILES string of the molecule is CNS(=O)(=O)c1ccc(-n2cnc(-c3ccc(F)cc3)c2)c([N+](=O)[O-])c1. The van der Waals surface area contributed by atoms with Crippen LogP contribution in [0.15, 0.2) is 59.9 Å². The molecule has 0 spiro atoms. The van der Waals surface area contributed by atoms with Crippen molar-refractivity contribution in [3.05, 3.63) is 70.9 Å². The second kappa shape index (κ2) is 6.65. The molecule has 10 heteroatoms. The van der Waals surface area contributed by atoms with Crippen LogP contribution in [0.25, 0.3) is 16.9 Å². The molecule has 0 aliphatic heterocycles. The van der Waals surface area contributed by atoms with Crippen molar-refractivity contribution in [2.24, 2.45) is 0 Å². The van der Waals surface area contributed by atoms with E-state index in [1.54, 1.807) is 18.3 Å². The smallest absolute Gasteiger partial charge is 0.294 e. The van der Waals surface area contributed by atoms with Gasteiger partial charge in [0.2, 0.25) is 10.0 Å². The summed E-state index contributed by atoms with van der Waals surface area (Å²) in [5.74, 6) is -0.384. The maximum atomic E-state index is 13.0. The fourth-order valence-corrected chi connectivity index (χ4v) is 3.13. The molecule has 2 aromatic carbocycles. The van der Waals surface area contributed by atoms with Crippen molar-refractivity contribution in [3.63, 3.8) is 0 Å². The number of nitro benzene ring substituents is 1. The van der Waals surface area contributed by atoms with E-state index >= 15 is 0 Å². The summed E-state index contributed by atoms with van der Waals surface area (Å²) in [5, 5.41) is 11.4. The maximum absolute atomic E-state index is 13.0. The normalized spacial score (nSPS) is 11.5. The van der Waals surface area contributed by atoms with Crippen molar-refractivity contribution in [2.75, 3.05) is 7.05 Å². The van der Waals surface area contributed by atoms with Crippen LogP contribution >= 0.6 is 0 Å². The molecule has 0 saturated heterocycles. The largest absolute Gasteiger partial charge is 0.300 e. The number of halogens is 1. The summed E-state index contributed by atoms with van der Waals surface area (Å²) in [6.45, 7) is 0. The zero-order chi connectivity index (χ0) is 18.9. The maximum Gasteiger partial charge on any atom is 0.294 e. The van der Waals surface area contributed by atoms with Crippen LogP contribution in [0.5, 0.6) is 0 Å². The van der Waals surface area contributed by atoms with Crippen LogP contribution in [0.3, 0.4) is 0 Å². The van der Waals surface area contributed by atoms with Crippen LogP contribution < -0.4 is 4.72 Å². The quantitative estimate of drug-likeness (QED) is 0.544. The van der Waals surface area contributed by atoms with Crippen molar-refractivity contribution in [3.8, 4) is 16.9 Å². The number of imidazole rings is 1. The lowest BCUT2D eigenvalue weighted by atomic mass is 10.2. The minimum atomic E-state index is -3.81. The predicted octanol–water partition coefficient (Wildman–Crippen LogP) is 2.49. The first kappa shape index (κ1) is 17.7. The highest BCUT2D eigenvalue weighted by Crippen LogP contribution is 2.28. The third-order valence-electron chi connectivity index (χ3n) is 3.72. The molecule has 0 saturated carbocycles. The van der Waals surface area contributed by atoms with Crippen molar-refractivity contribution < 1.29 is 17.7 Å². The first-order valence-electron chi connectivity index (χ1n) is 7.34. The Morgan fingerprint density at radius 3 is 2.50 bits per heavy atom. The van der Waals surface area contributed by atoms with Crippen LogP contribution in [0, 0.1) is 15.9 Å². The number of hydrogen-bond donors (Lipinski definition) is 1. The molecule has 0 atom stereocenters. The Morgan fingerprint density at radius 1 is 1.19 bits per heavy atom. The molecule has 26 heavy (non-hydrogen) atoms. The number of aromatic nitrogens is 2. The first-order valence-corrected chi connectivity index (χ1v) is 8.82. The van der Waals surface area contributed by atoms with Crippen LogP contribution in [-0.2, 0) is 10.0 Å². The van der Waals surface area contributed by atoms with E-state index in [4.69, 9.17) is 0 Å². The summed E-state index contributed by atoms with van der Waals surface area (Å²) < 4.78 is 40.3. The molecular formula is C16H13FN4O4S. The molecule has 134 valence electrons. The fraction of sp³-hybridized carbons (Fsp3) is 0.0625. The lowest BCUT2D eigenvalue weighted by Crippen LogP contribution is -2.18. The van der Waals surface area contributed by atoms with Crippen LogP contribution in [-0.4, -0.2) is 29.9 Å². The highest BCUT2D eigenvalue weighted by molar-refractivity contribution is 7.89. The van der Waals surface area contributed by atoms with Gasteiger partial charge in [-0.3, -0.25) is 14.7 Å². The topological polar surface area (TPSA) is 107 Å². The van der Waals surface area contributed by atoms with Crippen molar-refractivity contribution in [1.29, 1.82) is 0 Å². The van der Waals surface area contributed by atoms with Gasteiger partial charge in [0.15, 0.2) is 0 Å². The summed E-state index contributed by atoms with van der Waals surface area (Å²) in [6, 6.07) is 9.24. The minimum absolute atomic E-state index is 0.158. The monoisotopic (exact) mass is 376 g/mol. The van der Waals surface area contributed by atoms with E-state index in [1.807, 2.05) is 0 Å². The van der Waals surface area contributed by atoms with E-state index in [9.17, 15) is 22.9 Å². The number of benzene rings is 2. The molecule has 0 amide bonds. The molecule has 0 unspecified atom stereocenters. The molecule has 3 rings (SSSR count). The van der Waals surface area contributed by atoms with E-state index < -0.39 is 14.9 Å². The Kier molecular flexibility index (Phi) is 4.53. The summed E-state index contributed by atoms with van der Waals surface area (Å²) in [6.07, 6.45) is 2.91. The standard InChI is InChI=1S/C16H13FN4O4S/c1-18-26(24,25)13-6-7-15(16(8-13)21(22)23)20-9-14(19-10-20)11-2-4-12(17)5-3-11/h2-10,18H,1H3. The summed E-state index contributed by atoms with van der Waals surface area (Å²) in [5.41, 5.74) is 0.906. The average Bonchev–Trinajstić information content (AvgIpc) is 3.11. The van der Waals surface area contributed by atoms with Gasteiger partial charge in [-0.1, -0.05) is 0 Å². The Hall–Kier alpha value is -3.11. The molecule has 0 bridgehead atoms. The number of hydrogen-bond acceptors (Lipinski definition) is 5. The van der Waals surface area contributed by atoms with Crippen LogP contribution in [0.1, 0.15) is 0 Å². The zero-order valence-electron chi connectivity index (χ0n) is 13.5. The van der Waals surface area contributed by atoms with Gasteiger partial charge in [-0.25, -0.2) is 22.5 Å². The third kappa shape index (κ3) is 3.32. The number of sulfonamides is 1. The van der Waals surface area contributed by atoms with Gasteiger partial charge in [0.25, 0.3) is 5.69 Å². The molecule has 3 aromatic rings. The average molecular weight is 376 g/mol. The summed E-state index contributed by atoms with van der Waals surface area (Å²) >= 11 is 0. The van der Waals surface area contributed by atoms with Crippen LogP contribution in [0.4, 0.5) is 10.1 Å². The predicted molar refractivity (Wildman–Crippen MR) is 91.9 cm³/mol. The Labute approximate surface area is 148 Å². The second-order valence-corrected chi connectivity index (χ2v) is 7.17. The Bertz CT molecular complexity index is 1080. The van der Waals surface area contributed by atoms with Gasteiger partial charge < -0.3 is 0 Å². The van der Waals surface area contributed by atoms with E-state index in [-0.39, 0.29) is 22.1 Å². The molecule has 0 aliphatic carbocycles. The van der Waals surface area contributed by atoms with Gasteiger partial charge in [-0.2, -0.15) is 0 Å². The summed E-state index contributed by atoms with van der Waals surface area (Å²) in [4.78, 5) is 14.7. The Morgan fingerprint density at radius 2 is 1.88 bits per heavy atom. The van der Waals surface area contributed by atoms with E-state index in [0.29, 0.717) is 11.3 Å². The van der Waals surface area contributed by atoms with Crippen molar-refractivity contribution >= 4 is 15.7 Å². The van der Waals surface area contributed by atoms with E-state index in [1.165, 1.54) is 42.2 Å². The summed E-state index contributed by atoms with van der Waals surface area (Å²) in [7, 11) is -2.59. The lowest BCUT2D eigenvalue weighted by molar-refractivity contribution is -0.384. The van der Waals surface area contributed by atoms with Crippen LogP contribution in [0.2, 0.25) is 0 Å². The Balaban J connectivity index is 2.07. The zero-order valence-corrected chi connectivity index (χ0v) is 14.3. The highest BCUT2D eigenvalue weighted by atomic mass is 32.2. The lowest BCUT2D eigenvalue weighted by Gasteiger charge is -2.07. The molecule has 0 fully saturated rings. The molecular weight excluding hydrogens is 363 g/mol. The number of rotatable bonds is 5. The van der Waals surface area contributed by atoms with Gasteiger partial charge in [0.1, 0.15) is 17.8 Å². The number of nitrogens with zero attached hydrogens (tertiary/aromatic N) is 3. The molecule has 8 nitrogen and oxygen atoms in total. The number of nitro groups is 1. The third-order valence-corrected chi connectivity index (χ3v) is 5.14. The van der Waals surface area contributed by atoms with Crippen molar-refractivity contribution in [1.82, 2.24) is 14.3 Å². The number of nitrogens with one attached hydrogen (secondary N) is 1. The highest BCUT2D eigenvalue weighted by Gasteiger charge is 2.21. The van der Waals surface area contributed by atoms with Gasteiger partial charge >= 0.3 is 0 Å². The molecule has 1 aromatic heterocycles. The van der Waals surface area contributed by atoms with E-state index in [2.05, 4.69) is 9.71 Å². The fourth-order valence-electron chi connectivity index (χ4n) is 2.38. The molecule has 1 heterocycles. The first-order chi connectivity index (χ1) is 12.3. The molecule has 0 radical (unpaired) electrons. The molecule has 1 N–H and O–H groups in total. The van der Waals surface area contributed by atoms with Gasteiger partial charge in [0, 0.05) is 17.8 Å².